The van der Waals surface area contributed by atoms with Crippen LogP contribution in [0.15, 0.2) is 34.1 Å². The molecule has 9 heteroatoms. The molecule has 3 heterocycles. The van der Waals surface area contributed by atoms with Crippen LogP contribution in [0.25, 0.3) is 11.7 Å². The molecule has 28 heavy (non-hydrogen) atoms. The molecule has 0 bridgehead atoms. The molecule has 1 aliphatic rings. The van der Waals surface area contributed by atoms with Crippen LogP contribution in [0.5, 0.6) is 0 Å². The predicted octanol–water partition coefficient (Wildman–Crippen LogP) is 2.75. The van der Waals surface area contributed by atoms with Gasteiger partial charge in [-0.2, -0.15) is 0 Å². The molecule has 0 radical (unpaired) electrons. The standard InChI is InChI=1S/C19H22N4O3S2/c1-12(2)26-10-6-8-20-16-13(11-14-18(25)22(3)19(27)28-14)17(24)23-9-5-4-7-15(23)21-16/h4-5,7,9,11-12,20H,6,8,10H2,1-3H3/b14-11+. The van der Waals surface area contributed by atoms with Crippen LogP contribution in [0.2, 0.25) is 0 Å². The maximum atomic E-state index is 13.0. The molecule has 0 aliphatic carbocycles. The smallest absolute Gasteiger partial charge is 0.267 e. The average Bonchev–Trinajstić information content (AvgIpc) is 2.91. The van der Waals surface area contributed by atoms with E-state index in [1.54, 1.807) is 31.5 Å². The number of fused-ring (bicyclic) bond motifs is 1. The molecule has 0 aromatic carbocycles. The van der Waals surface area contributed by atoms with E-state index in [0.717, 1.165) is 6.42 Å². The highest BCUT2D eigenvalue weighted by Gasteiger charge is 2.29. The Hall–Kier alpha value is -2.23. The molecule has 148 valence electrons. The van der Waals surface area contributed by atoms with Crippen molar-refractivity contribution < 1.29 is 9.53 Å². The molecule has 1 amide bonds. The molecular weight excluding hydrogens is 396 g/mol. The third-order valence-corrected chi connectivity index (χ3v) is 5.58. The van der Waals surface area contributed by atoms with Crippen molar-refractivity contribution in [1.82, 2.24) is 14.3 Å². The van der Waals surface area contributed by atoms with Gasteiger partial charge in [0.05, 0.1) is 16.6 Å². The monoisotopic (exact) mass is 418 g/mol. The Morgan fingerprint density at radius 3 is 2.82 bits per heavy atom. The van der Waals surface area contributed by atoms with E-state index in [0.29, 0.717) is 39.4 Å². The lowest BCUT2D eigenvalue weighted by Gasteiger charge is -2.12. The lowest BCUT2D eigenvalue weighted by Crippen LogP contribution is -2.23. The molecule has 3 rings (SSSR count). The highest BCUT2D eigenvalue weighted by Crippen LogP contribution is 2.31. The Labute approximate surface area is 172 Å². The number of rotatable bonds is 7. The third-order valence-electron chi connectivity index (χ3n) is 4.10. The zero-order valence-electron chi connectivity index (χ0n) is 16.0. The first-order valence-corrected chi connectivity index (χ1v) is 10.2. The van der Waals surface area contributed by atoms with Crippen molar-refractivity contribution in [3.05, 3.63) is 45.2 Å². The second kappa shape index (κ2) is 8.85. The van der Waals surface area contributed by atoms with E-state index in [2.05, 4.69) is 10.3 Å². The largest absolute Gasteiger partial charge is 0.379 e. The number of nitrogens with zero attached hydrogens (tertiary/aromatic N) is 3. The first-order valence-electron chi connectivity index (χ1n) is 8.97. The quantitative estimate of drug-likeness (QED) is 0.421. The van der Waals surface area contributed by atoms with Gasteiger partial charge in [-0.25, -0.2) is 4.98 Å². The Morgan fingerprint density at radius 1 is 1.36 bits per heavy atom. The van der Waals surface area contributed by atoms with Crippen molar-refractivity contribution in [3.8, 4) is 0 Å². The number of likely N-dealkylation sites (N-methyl/N-ethyl adjacent to an activating group) is 1. The van der Waals surface area contributed by atoms with Gasteiger partial charge in [0.15, 0.2) is 0 Å². The minimum atomic E-state index is -0.243. The average molecular weight is 419 g/mol. The maximum absolute atomic E-state index is 13.0. The summed E-state index contributed by atoms with van der Waals surface area (Å²) in [5.41, 5.74) is 0.629. The summed E-state index contributed by atoms with van der Waals surface area (Å²) in [5.74, 6) is 0.228. The molecule has 0 atom stereocenters. The van der Waals surface area contributed by atoms with E-state index in [1.807, 2.05) is 19.9 Å². The summed E-state index contributed by atoms with van der Waals surface area (Å²) in [4.78, 5) is 31.8. The van der Waals surface area contributed by atoms with Gasteiger partial charge in [0.25, 0.3) is 11.5 Å². The Kier molecular flexibility index (Phi) is 6.48. The number of thioether (sulfide) groups is 1. The maximum Gasteiger partial charge on any atom is 0.267 e. The molecule has 0 unspecified atom stereocenters. The summed E-state index contributed by atoms with van der Waals surface area (Å²) in [6.45, 7) is 5.18. The Bertz CT molecular complexity index is 1000. The first-order chi connectivity index (χ1) is 13.4. The molecule has 0 spiro atoms. The fraction of sp³-hybridized carbons (Fsp3) is 0.368. The number of carbonyl (C=O) groups is 1. The molecule has 2 aromatic heterocycles. The molecule has 1 fully saturated rings. The highest BCUT2D eigenvalue weighted by molar-refractivity contribution is 8.26. The van der Waals surface area contributed by atoms with Crippen molar-refractivity contribution in [2.75, 3.05) is 25.5 Å². The number of nitrogens with one attached hydrogen (secondary N) is 1. The van der Waals surface area contributed by atoms with E-state index in [-0.39, 0.29) is 17.6 Å². The minimum absolute atomic E-state index is 0.176. The Balaban J connectivity index is 1.95. The van der Waals surface area contributed by atoms with Crippen molar-refractivity contribution >= 4 is 51.7 Å². The molecule has 1 aliphatic heterocycles. The van der Waals surface area contributed by atoms with Crippen LogP contribution in [-0.4, -0.2) is 50.8 Å². The van der Waals surface area contributed by atoms with E-state index in [4.69, 9.17) is 17.0 Å². The second-order valence-corrected chi connectivity index (χ2v) is 8.22. The molecule has 2 aromatic rings. The number of hydrogen-bond donors (Lipinski definition) is 1. The number of anilines is 1. The van der Waals surface area contributed by atoms with Gasteiger partial charge in [0, 0.05) is 26.4 Å². The van der Waals surface area contributed by atoms with E-state index < -0.39 is 0 Å². The van der Waals surface area contributed by atoms with Crippen molar-refractivity contribution in [2.24, 2.45) is 0 Å². The number of hydrogen-bond acceptors (Lipinski definition) is 7. The van der Waals surface area contributed by atoms with Crippen LogP contribution in [-0.2, 0) is 9.53 Å². The SMILES string of the molecule is CC(C)OCCCNc1nc2ccccn2c(=O)c1/C=C1/SC(=S)N(C)C1=O. The fourth-order valence-electron chi connectivity index (χ4n) is 2.64. The van der Waals surface area contributed by atoms with Gasteiger partial charge in [0.1, 0.15) is 15.8 Å². The number of amides is 1. The van der Waals surface area contributed by atoms with Crippen molar-refractivity contribution in [3.63, 3.8) is 0 Å². The lowest BCUT2D eigenvalue weighted by molar-refractivity contribution is -0.121. The van der Waals surface area contributed by atoms with E-state index in [1.165, 1.54) is 21.1 Å². The van der Waals surface area contributed by atoms with Crippen molar-refractivity contribution in [1.29, 1.82) is 0 Å². The number of ether oxygens (including phenoxy) is 1. The van der Waals surface area contributed by atoms with Gasteiger partial charge in [-0.15, -0.1) is 0 Å². The van der Waals surface area contributed by atoms with Crippen LogP contribution in [0.1, 0.15) is 25.8 Å². The van der Waals surface area contributed by atoms with Gasteiger partial charge < -0.3 is 10.1 Å². The van der Waals surface area contributed by atoms with E-state index >= 15 is 0 Å². The molecular formula is C19H22N4O3S2. The topological polar surface area (TPSA) is 75.9 Å². The summed E-state index contributed by atoms with van der Waals surface area (Å²) in [6.07, 6.45) is 4.18. The fourth-order valence-corrected chi connectivity index (χ4v) is 3.80. The summed E-state index contributed by atoms with van der Waals surface area (Å²) in [6, 6.07) is 5.36. The van der Waals surface area contributed by atoms with Crippen molar-refractivity contribution in [2.45, 2.75) is 26.4 Å². The van der Waals surface area contributed by atoms with Crippen LogP contribution in [0.3, 0.4) is 0 Å². The summed E-state index contributed by atoms with van der Waals surface area (Å²) < 4.78 is 7.47. The summed E-state index contributed by atoms with van der Waals surface area (Å²) in [7, 11) is 1.62. The number of aromatic nitrogens is 2. The second-order valence-electron chi connectivity index (χ2n) is 6.55. The predicted molar refractivity (Wildman–Crippen MR) is 117 cm³/mol. The normalized spacial score (nSPS) is 16.0. The summed E-state index contributed by atoms with van der Waals surface area (Å²) in [5, 5.41) is 3.22. The van der Waals surface area contributed by atoms with Gasteiger partial charge in [-0.3, -0.25) is 18.9 Å². The van der Waals surface area contributed by atoms with Gasteiger partial charge in [-0.1, -0.05) is 30.0 Å². The van der Waals surface area contributed by atoms with E-state index in [9.17, 15) is 9.59 Å². The van der Waals surface area contributed by atoms with Gasteiger partial charge in [0.2, 0.25) is 0 Å². The van der Waals surface area contributed by atoms with Gasteiger partial charge >= 0.3 is 0 Å². The van der Waals surface area contributed by atoms with Crippen LogP contribution in [0.4, 0.5) is 5.82 Å². The van der Waals surface area contributed by atoms with Gasteiger partial charge in [-0.05, 0) is 38.5 Å². The van der Waals surface area contributed by atoms with Crippen LogP contribution >= 0.6 is 24.0 Å². The zero-order valence-corrected chi connectivity index (χ0v) is 17.6. The third kappa shape index (κ3) is 4.43. The van der Waals surface area contributed by atoms with Crippen LogP contribution in [0, 0.1) is 0 Å². The summed E-state index contributed by atoms with van der Waals surface area (Å²) >= 11 is 6.35. The number of carbonyl (C=O) groups excluding carboxylic acids is 1. The first kappa shape index (κ1) is 20.5. The minimum Gasteiger partial charge on any atom is -0.379 e. The Morgan fingerprint density at radius 2 is 2.14 bits per heavy atom. The molecule has 1 saturated heterocycles. The zero-order chi connectivity index (χ0) is 20.3. The lowest BCUT2D eigenvalue weighted by atomic mass is 10.2. The molecule has 0 saturated carbocycles. The number of pyridine rings is 1. The molecule has 1 N–H and O–H groups in total. The molecule has 7 nitrogen and oxygen atoms in total. The highest BCUT2D eigenvalue weighted by atomic mass is 32.2. The van der Waals surface area contributed by atoms with Crippen LogP contribution < -0.4 is 10.9 Å². The number of thiocarbonyl (C=S) groups is 1.